The Morgan fingerprint density at radius 3 is 2.53 bits per heavy atom. The van der Waals surface area contributed by atoms with Gasteiger partial charge in [-0.25, -0.2) is 0 Å². The molecule has 2 heteroatoms. The van der Waals surface area contributed by atoms with Crippen molar-refractivity contribution in [1.82, 2.24) is 5.32 Å². The summed E-state index contributed by atoms with van der Waals surface area (Å²) in [5.41, 5.74) is 1.56. The molecule has 2 rings (SSSR count). The second-order valence-electron chi connectivity index (χ2n) is 5.29. The summed E-state index contributed by atoms with van der Waals surface area (Å²) in [6.45, 7) is 3.49. The molecule has 1 fully saturated rings. The summed E-state index contributed by atoms with van der Waals surface area (Å²) >= 11 is 0. The van der Waals surface area contributed by atoms with Crippen molar-refractivity contribution in [2.24, 2.45) is 5.41 Å². The summed E-state index contributed by atoms with van der Waals surface area (Å²) < 4.78 is 0. The lowest BCUT2D eigenvalue weighted by Gasteiger charge is -2.22. The largest absolute Gasteiger partial charge is 0.396 e. The SMILES string of the molecule is CCCC(NCC1(CO)CC1)c1ccccc1. The molecule has 2 N–H and O–H groups in total. The summed E-state index contributed by atoms with van der Waals surface area (Å²) in [5.74, 6) is 0. The Morgan fingerprint density at radius 2 is 2.00 bits per heavy atom. The number of hydrogen-bond acceptors (Lipinski definition) is 2. The lowest BCUT2D eigenvalue weighted by Crippen LogP contribution is -2.30. The van der Waals surface area contributed by atoms with Crippen molar-refractivity contribution < 1.29 is 5.11 Å². The van der Waals surface area contributed by atoms with Gasteiger partial charge in [0, 0.05) is 24.6 Å². The Bertz CT molecular complexity index is 332. The molecular formula is C15H23NO. The van der Waals surface area contributed by atoms with Gasteiger partial charge in [0.15, 0.2) is 0 Å². The van der Waals surface area contributed by atoms with Crippen molar-refractivity contribution in [3.05, 3.63) is 35.9 Å². The normalized spacial score (nSPS) is 18.9. The van der Waals surface area contributed by atoms with Crippen LogP contribution in [-0.4, -0.2) is 18.3 Å². The summed E-state index contributed by atoms with van der Waals surface area (Å²) in [7, 11) is 0. The minimum absolute atomic E-state index is 0.195. The van der Waals surface area contributed by atoms with E-state index < -0.39 is 0 Å². The molecular weight excluding hydrogens is 210 g/mol. The predicted molar refractivity (Wildman–Crippen MR) is 70.8 cm³/mol. The molecule has 1 aromatic rings. The first-order chi connectivity index (χ1) is 8.29. The van der Waals surface area contributed by atoms with Crippen LogP contribution >= 0.6 is 0 Å². The van der Waals surface area contributed by atoms with E-state index in [9.17, 15) is 5.11 Å². The zero-order valence-corrected chi connectivity index (χ0v) is 10.7. The fraction of sp³-hybridized carbons (Fsp3) is 0.600. The van der Waals surface area contributed by atoms with E-state index in [-0.39, 0.29) is 5.41 Å². The van der Waals surface area contributed by atoms with Crippen LogP contribution in [0, 0.1) is 5.41 Å². The maximum absolute atomic E-state index is 9.33. The lowest BCUT2D eigenvalue weighted by atomic mass is 10.0. The predicted octanol–water partition coefficient (Wildman–Crippen LogP) is 2.89. The van der Waals surface area contributed by atoms with Crippen LogP contribution in [0.1, 0.15) is 44.2 Å². The molecule has 0 radical (unpaired) electrons. The second-order valence-corrected chi connectivity index (χ2v) is 5.29. The molecule has 0 bridgehead atoms. The van der Waals surface area contributed by atoms with E-state index in [2.05, 4.69) is 42.6 Å². The Balaban J connectivity index is 1.93. The summed E-state index contributed by atoms with van der Waals surface area (Å²) in [6.07, 6.45) is 4.68. The van der Waals surface area contributed by atoms with Crippen LogP contribution in [0.5, 0.6) is 0 Å². The second kappa shape index (κ2) is 5.65. The first-order valence-corrected chi connectivity index (χ1v) is 6.69. The number of rotatable bonds is 7. The minimum Gasteiger partial charge on any atom is -0.396 e. The zero-order chi connectivity index (χ0) is 12.1. The van der Waals surface area contributed by atoms with E-state index >= 15 is 0 Å². The highest BCUT2D eigenvalue weighted by atomic mass is 16.3. The molecule has 1 atom stereocenters. The van der Waals surface area contributed by atoms with Crippen molar-refractivity contribution in [2.75, 3.05) is 13.2 Å². The minimum atomic E-state index is 0.195. The van der Waals surface area contributed by atoms with Gasteiger partial charge in [0.2, 0.25) is 0 Å². The first-order valence-electron chi connectivity index (χ1n) is 6.69. The molecule has 0 heterocycles. The van der Waals surface area contributed by atoms with Gasteiger partial charge in [-0.3, -0.25) is 0 Å². The molecule has 1 aliphatic rings. The summed E-state index contributed by atoms with van der Waals surface area (Å²) in [5, 5.41) is 13.0. The van der Waals surface area contributed by atoms with E-state index in [1.165, 1.54) is 24.8 Å². The van der Waals surface area contributed by atoms with Crippen molar-refractivity contribution in [2.45, 2.75) is 38.6 Å². The van der Waals surface area contributed by atoms with Crippen LogP contribution in [0.3, 0.4) is 0 Å². The maximum atomic E-state index is 9.33. The molecule has 0 spiro atoms. The van der Waals surface area contributed by atoms with Gasteiger partial charge < -0.3 is 10.4 Å². The molecule has 17 heavy (non-hydrogen) atoms. The Hall–Kier alpha value is -0.860. The smallest absolute Gasteiger partial charge is 0.0499 e. The number of benzene rings is 1. The Labute approximate surface area is 104 Å². The highest BCUT2D eigenvalue weighted by Crippen LogP contribution is 2.44. The fourth-order valence-corrected chi connectivity index (χ4v) is 2.27. The van der Waals surface area contributed by atoms with E-state index in [0.717, 1.165) is 13.0 Å². The molecule has 94 valence electrons. The van der Waals surface area contributed by atoms with Crippen molar-refractivity contribution in [3.8, 4) is 0 Å². The number of aliphatic hydroxyl groups is 1. The summed E-state index contributed by atoms with van der Waals surface area (Å²) in [6, 6.07) is 11.1. The fourth-order valence-electron chi connectivity index (χ4n) is 2.27. The topological polar surface area (TPSA) is 32.3 Å². The van der Waals surface area contributed by atoms with Gasteiger partial charge >= 0.3 is 0 Å². The van der Waals surface area contributed by atoms with Gasteiger partial charge in [0.1, 0.15) is 0 Å². The van der Waals surface area contributed by atoms with Gasteiger partial charge in [-0.2, -0.15) is 0 Å². The quantitative estimate of drug-likeness (QED) is 0.759. The molecule has 1 unspecified atom stereocenters. The monoisotopic (exact) mass is 233 g/mol. The third-order valence-corrected chi connectivity index (χ3v) is 3.80. The number of aliphatic hydroxyl groups excluding tert-OH is 1. The number of hydrogen-bond donors (Lipinski definition) is 2. The van der Waals surface area contributed by atoms with Crippen LogP contribution in [-0.2, 0) is 0 Å². The Kier molecular flexibility index (Phi) is 4.19. The molecule has 0 amide bonds. The van der Waals surface area contributed by atoms with E-state index in [1.807, 2.05) is 0 Å². The van der Waals surface area contributed by atoms with Gasteiger partial charge in [-0.15, -0.1) is 0 Å². The van der Waals surface area contributed by atoms with E-state index in [1.54, 1.807) is 0 Å². The van der Waals surface area contributed by atoms with Crippen LogP contribution < -0.4 is 5.32 Å². The lowest BCUT2D eigenvalue weighted by molar-refractivity contribution is 0.203. The Morgan fingerprint density at radius 1 is 1.29 bits per heavy atom. The molecule has 0 aliphatic heterocycles. The molecule has 2 nitrogen and oxygen atoms in total. The average Bonchev–Trinajstić information content (AvgIpc) is 3.16. The van der Waals surface area contributed by atoms with Crippen LogP contribution in [0.4, 0.5) is 0 Å². The van der Waals surface area contributed by atoms with Crippen LogP contribution in [0.2, 0.25) is 0 Å². The van der Waals surface area contributed by atoms with E-state index in [0.29, 0.717) is 12.6 Å². The standard InChI is InChI=1S/C15H23NO/c1-2-6-14(13-7-4-3-5-8-13)16-11-15(12-17)9-10-15/h3-5,7-8,14,16-17H,2,6,9-12H2,1H3. The van der Waals surface area contributed by atoms with Crippen LogP contribution in [0.15, 0.2) is 30.3 Å². The van der Waals surface area contributed by atoms with Gasteiger partial charge in [0.05, 0.1) is 0 Å². The van der Waals surface area contributed by atoms with Crippen molar-refractivity contribution >= 4 is 0 Å². The molecule has 0 aromatic heterocycles. The first kappa shape index (κ1) is 12.6. The van der Waals surface area contributed by atoms with Gasteiger partial charge in [0.25, 0.3) is 0 Å². The molecule has 1 aromatic carbocycles. The van der Waals surface area contributed by atoms with Crippen molar-refractivity contribution in [3.63, 3.8) is 0 Å². The highest BCUT2D eigenvalue weighted by molar-refractivity contribution is 5.19. The van der Waals surface area contributed by atoms with Crippen LogP contribution in [0.25, 0.3) is 0 Å². The van der Waals surface area contributed by atoms with Gasteiger partial charge in [-0.1, -0.05) is 43.7 Å². The zero-order valence-electron chi connectivity index (χ0n) is 10.7. The third kappa shape index (κ3) is 3.30. The average molecular weight is 233 g/mol. The summed E-state index contributed by atoms with van der Waals surface area (Å²) in [4.78, 5) is 0. The van der Waals surface area contributed by atoms with E-state index in [4.69, 9.17) is 0 Å². The third-order valence-electron chi connectivity index (χ3n) is 3.80. The molecule has 1 saturated carbocycles. The molecule has 0 saturated heterocycles. The highest BCUT2D eigenvalue weighted by Gasteiger charge is 2.41. The molecule has 1 aliphatic carbocycles. The number of nitrogens with one attached hydrogen (secondary N) is 1. The maximum Gasteiger partial charge on any atom is 0.0499 e. The van der Waals surface area contributed by atoms with Gasteiger partial charge in [-0.05, 0) is 24.8 Å². The van der Waals surface area contributed by atoms with Crippen molar-refractivity contribution in [1.29, 1.82) is 0 Å².